The molecule has 1 heterocycles. The van der Waals surface area contributed by atoms with Crippen molar-refractivity contribution in [3.63, 3.8) is 0 Å². The number of nitrogens with zero attached hydrogens (tertiary/aromatic N) is 1. The number of thiocarbonyl (C=S) groups is 1. The number of carbonyl (C=O) groups is 1. The zero-order valence-electron chi connectivity index (χ0n) is 16.0. The molecule has 3 rings (SSSR count). The SMILES string of the molecule is Cc1ccc(-c2ccc(/C=C/C(=O)NC(=S)Nc3cc([N+](=O)[O-])ccc3F)o2)cc1Cl. The fourth-order valence-corrected chi connectivity index (χ4v) is 2.92. The van der Waals surface area contributed by atoms with Crippen molar-refractivity contribution in [3.05, 3.63) is 86.9 Å². The first-order valence-corrected chi connectivity index (χ1v) is 9.62. The second kappa shape index (κ2) is 9.50. The van der Waals surface area contributed by atoms with E-state index in [1.807, 2.05) is 19.1 Å². The Kier molecular flexibility index (Phi) is 6.78. The predicted octanol–water partition coefficient (Wildman–Crippen LogP) is 5.48. The number of anilines is 1. The van der Waals surface area contributed by atoms with Gasteiger partial charge in [0.1, 0.15) is 17.3 Å². The van der Waals surface area contributed by atoms with E-state index in [2.05, 4.69) is 10.6 Å². The number of carbonyl (C=O) groups excluding carboxylic acids is 1. The van der Waals surface area contributed by atoms with Gasteiger partial charge in [-0.3, -0.25) is 20.2 Å². The zero-order valence-corrected chi connectivity index (χ0v) is 17.6. The van der Waals surface area contributed by atoms with Crippen LogP contribution in [0.5, 0.6) is 0 Å². The van der Waals surface area contributed by atoms with E-state index in [0.29, 0.717) is 16.5 Å². The van der Waals surface area contributed by atoms with Crippen molar-refractivity contribution in [1.82, 2.24) is 5.32 Å². The van der Waals surface area contributed by atoms with E-state index in [-0.39, 0.29) is 16.5 Å². The van der Waals surface area contributed by atoms with Gasteiger partial charge in [-0.2, -0.15) is 0 Å². The number of nitrogens with one attached hydrogen (secondary N) is 2. The van der Waals surface area contributed by atoms with Crippen LogP contribution in [0.1, 0.15) is 11.3 Å². The van der Waals surface area contributed by atoms with Crippen LogP contribution in [0.25, 0.3) is 17.4 Å². The summed E-state index contributed by atoms with van der Waals surface area (Å²) in [4.78, 5) is 22.2. The molecule has 158 valence electrons. The first kappa shape index (κ1) is 22.1. The average Bonchev–Trinajstić information content (AvgIpc) is 3.19. The van der Waals surface area contributed by atoms with Gasteiger partial charge < -0.3 is 9.73 Å². The number of aryl methyl sites for hydroxylation is 1. The fraction of sp³-hybridized carbons (Fsp3) is 0.0476. The number of non-ortho nitro benzene ring substituents is 1. The Morgan fingerprint density at radius 1 is 1.23 bits per heavy atom. The minimum atomic E-state index is -0.753. The molecule has 1 amide bonds. The van der Waals surface area contributed by atoms with Gasteiger partial charge >= 0.3 is 0 Å². The van der Waals surface area contributed by atoms with Crippen molar-refractivity contribution in [3.8, 4) is 11.3 Å². The van der Waals surface area contributed by atoms with Crippen LogP contribution in [0, 0.1) is 22.9 Å². The van der Waals surface area contributed by atoms with Crippen LogP contribution in [0.3, 0.4) is 0 Å². The number of benzene rings is 2. The summed E-state index contributed by atoms with van der Waals surface area (Å²) in [6.45, 7) is 1.90. The lowest BCUT2D eigenvalue weighted by atomic mass is 10.1. The minimum absolute atomic E-state index is 0.219. The monoisotopic (exact) mass is 459 g/mol. The summed E-state index contributed by atoms with van der Waals surface area (Å²) >= 11 is 11.1. The lowest BCUT2D eigenvalue weighted by Gasteiger charge is -2.08. The summed E-state index contributed by atoms with van der Waals surface area (Å²) in [7, 11) is 0. The molecule has 0 aliphatic rings. The van der Waals surface area contributed by atoms with E-state index in [1.165, 1.54) is 12.2 Å². The van der Waals surface area contributed by atoms with E-state index >= 15 is 0 Å². The second-order valence-electron chi connectivity index (χ2n) is 6.36. The molecular weight excluding hydrogens is 445 g/mol. The highest BCUT2D eigenvalue weighted by Gasteiger charge is 2.12. The van der Waals surface area contributed by atoms with Crippen LogP contribution in [0.2, 0.25) is 5.02 Å². The molecule has 0 fully saturated rings. The molecule has 0 aliphatic heterocycles. The van der Waals surface area contributed by atoms with Gasteiger partial charge in [0.25, 0.3) is 5.69 Å². The molecule has 0 saturated heterocycles. The molecule has 2 aromatic carbocycles. The maximum Gasteiger partial charge on any atom is 0.271 e. The lowest BCUT2D eigenvalue weighted by Crippen LogP contribution is -2.33. The predicted molar refractivity (Wildman–Crippen MR) is 120 cm³/mol. The van der Waals surface area contributed by atoms with Gasteiger partial charge in [-0.05, 0) is 55.0 Å². The third-order valence-electron chi connectivity index (χ3n) is 4.13. The van der Waals surface area contributed by atoms with Crippen LogP contribution in [-0.2, 0) is 4.79 Å². The van der Waals surface area contributed by atoms with Gasteiger partial charge in [-0.25, -0.2) is 4.39 Å². The van der Waals surface area contributed by atoms with Gasteiger partial charge in [-0.15, -0.1) is 0 Å². The van der Waals surface area contributed by atoms with E-state index in [9.17, 15) is 19.3 Å². The minimum Gasteiger partial charge on any atom is -0.457 e. The summed E-state index contributed by atoms with van der Waals surface area (Å²) in [6, 6.07) is 11.9. The van der Waals surface area contributed by atoms with Crippen molar-refractivity contribution in [1.29, 1.82) is 0 Å². The summed E-state index contributed by atoms with van der Waals surface area (Å²) < 4.78 is 19.5. The van der Waals surface area contributed by atoms with Crippen LogP contribution < -0.4 is 10.6 Å². The standard InChI is InChI=1S/C21H15ClFN3O4S/c1-12-2-3-13(10-16(12)22)19-8-5-15(30-19)6-9-20(27)25-21(31)24-18-11-14(26(28)29)4-7-17(18)23/h2-11H,1H3,(H2,24,25,27,31)/b9-6+. The van der Waals surface area contributed by atoms with Gasteiger partial charge in [0.05, 0.1) is 10.6 Å². The molecule has 0 unspecified atom stereocenters. The third kappa shape index (κ3) is 5.74. The summed E-state index contributed by atoms with van der Waals surface area (Å²) in [6.07, 6.45) is 2.62. The molecule has 3 aromatic rings. The molecule has 0 atom stereocenters. The number of amides is 1. The zero-order chi connectivity index (χ0) is 22.5. The summed E-state index contributed by atoms with van der Waals surface area (Å²) in [5.41, 5.74) is 1.20. The van der Waals surface area contributed by atoms with Crippen molar-refractivity contribution in [2.75, 3.05) is 5.32 Å². The van der Waals surface area contributed by atoms with Crippen LogP contribution in [0.4, 0.5) is 15.8 Å². The van der Waals surface area contributed by atoms with Crippen molar-refractivity contribution in [2.24, 2.45) is 0 Å². The summed E-state index contributed by atoms with van der Waals surface area (Å²) in [5, 5.41) is 15.9. The van der Waals surface area contributed by atoms with Gasteiger partial charge in [0, 0.05) is 28.8 Å². The first-order valence-electron chi connectivity index (χ1n) is 8.83. The number of nitro benzene ring substituents is 1. The molecule has 1 aromatic heterocycles. The van der Waals surface area contributed by atoms with Gasteiger partial charge in [0.2, 0.25) is 5.91 Å². The smallest absolute Gasteiger partial charge is 0.271 e. The van der Waals surface area contributed by atoms with Crippen LogP contribution >= 0.6 is 23.8 Å². The van der Waals surface area contributed by atoms with E-state index in [0.717, 1.165) is 29.3 Å². The number of hydrogen-bond acceptors (Lipinski definition) is 5. The Bertz CT molecular complexity index is 1210. The van der Waals surface area contributed by atoms with Crippen molar-refractivity contribution >= 4 is 52.3 Å². The Morgan fingerprint density at radius 2 is 2.00 bits per heavy atom. The van der Waals surface area contributed by atoms with E-state index < -0.39 is 16.6 Å². The van der Waals surface area contributed by atoms with Gasteiger partial charge in [0.15, 0.2) is 5.11 Å². The largest absolute Gasteiger partial charge is 0.457 e. The lowest BCUT2D eigenvalue weighted by molar-refractivity contribution is -0.384. The number of nitro groups is 1. The fourth-order valence-electron chi connectivity index (χ4n) is 2.53. The quantitative estimate of drug-likeness (QED) is 0.227. The molecular formula is C21H15ClFN3O4S. The van der Waals surface area contributed by atoms with Crippen LogP contribution in [-0.4, -0.2) is 15.9 Å². The highest BCUT2D eigenvalue weighted by atomic mass is 35.5. The number of rotatable bonds is 5. The number of halogens is 2. The molecule has 2 N–H and O–H groups in total. The molecule has 31 heavy (non-hydrogen) atoms. The highest BCUT2D eigenvalue weighted by Crippen LogP contribution is 2.27. The van der Waals surface area contributed by atoms with Gasteiger partial charge in [-0.1, -0.05) is 23.7 Å². The molecule has 0 aliphatic carbocycles. The molecule has 0 spiro atoms. The molecule has 10 heteroatoms. The van der Waals surface area contributed by atoms with Crippen molar-refractivity contribution < 1.29 is 18.5 Å². The Morgan fingerprint density at radius 3 is 2.71 bits per heavy atom. The van der Waals surface area contributed by atoms with E-state index in [1.54, 1.807) is 18.2 Å². The third-order valence-corrected chi connectivity index (χ3v) is 4.74. The average molecular weight is 460 g/mol. The Balaban J connectivity index is 1.61. The topological polar surface area (TPSA) is 97.4 Å². The Hall–Kier alpha value is -3.56. The van der Waals surface area contributed by atoms with E-state index in [4.69, 9.17) is 28.2 Å². The molecule has 0 saturated carbocycles. The van der Waals surface area contributed by atoms with Crippen molar-refractivity contribution in [2.45, 2.75) is 6.92 Å². The number of hydrogen-bond donors (Lipinski definition) is 2. The molecule has 0 bridgehead atoms. The molecule has 0 radical (unpaired) electrons. The number of furan rings is 1. The maximum absolute atomic E-state index is 13.8. The maximum atomic E-state index is 13.8. The molecule has 7 nitrogen and oxygen atoms in total. The first-order chi connectivity index (χ1) is 14.7. The Labute approximate surface area is 186 Å². The van der Waals surface area contributed by atoms with Crippen LogP contribution in [0.15, 0.2) is 59.0 Å². The second-order valence-corrected chi connectivity index (χ2v) is 7.18. The normalized spacial score (nSPS) is 10.8. The summed E-state index contributed by atoms with van der Waals surface area (Å²) in [5.74, 6) is -0.345. The highest BCUT2D eigenvalue weighted by molar-refractivity contribution is 7.80.